The lowest BCUT2D eigenvalue weighted by molar-refractivity contribution is 0.00742. The predicted octanol–water partition coefficient (Wildman–Crippen LogP) is 0.862. The summed E-state index contributed by atoms with van der Waals surface area (Å²) in [4.78, 5) is 4.15. The van der Waals surface area contributed by atoms with Crippen molar-refractivity contribution in [3.8, 4) is 0 Å². The summed E-state index contributed by atoms with van der Waals surface area (Å²) in [6, 6.07) is 0.676. The van der Waals surface area contributed by atoms with E-state index in [2.05, 4.69) is 15.4 Å². The molecule has 16 heavy (non-hydrogen) atoms. The first-order valence-electron chi connectivity index (χ1n) is 5.91. The highest BCUT2D eigenvalue weighted by atomic mass is 16.5. The highest BCUT2D eigenvalue weighted by Crippen LogP contribution is 2.21. The van der Waals surface area contributed by atoms with Gasteiger partial charge in [0.15, 0.2) is 5.82 Å². The van der Waals surface area contributed by atoms with E-state index in [1.807, 2.05) is 14.1 Å². The van der Waals surface area contributed by atoms with Crippen LogP contribution in [0.25, 0.3) is 0 Å². The molecule has 1 aliphatic carbocycles. The maximum absolute atomic E-state index is 5.85. The van der Waals surface area contributed by atoms with Gasteiger partial charge in [0.1, 0.15) is 12.9 Å². The van der Waals surface area contributed by atoms with Crippen LogP contribution in [0.15, 0.2) is 6.33 Å². The molecule has 1 aromatic rings. The van der Waals surface area contributed by atoms with E-state index in [0.717, 1.165) is 18.7 Å². The number of hydrogen-bond donors (Lipinski definition) is 1. The Morgan fingerprint density at radius 1 is 1.44 bits per heavy atom. The third-order valence-electron chi connectivity index (χ3n) is 3.34. The van der Waals surface area contributed by atoms with Gasteiger partial charge in [0, 0.05) is 13.1 Å². The van der Waals surface area contributed by atoms with Crippen molar-refractivity contribution in [2.24, 2.45) is 7.05 Å². The van der Waals surface area contributed by atoms with E-state index in [-0.39, 0.29) is 0 Å². The highest BCUT2D eigenvalue weighted by Gasteiger charge is 2.20. The van der Waals surface area contributed by atoms with Crippen LogP contribution < -0.4 is 5.32 Å². The number of hydrogen-bond acceptors (Lipinski definition) is 4. The Labute approximate surface area is 96.2 Å². The normalized spacial score (nSPS) is 25.9. The standard InChI is InChI=1S/C11H20N4O/c1-12-9-3-5-10(6-4-9)16-7-11-13-8-14-15(11)2/h8-10,12H,3-7H2,1-2H3. The Bertz CT molecular complexity index is 318. The average molecular weight is 224 g/mol. The summed E-state index contributed by atoms with van der Waals surface area (Å²) in [5.41, 5.74) is 0. The number of aryl methyl sites for hydroxylation is 1. The molecule has 1 N–H and O–H groups in total. The zero-order valence-corrected chi connectivity index (χ0v) is 10.0. The Kier molecular flexibility index (Phi) is 3.90. The summed E-state index contributed by atoms with van der Waals surface area (Å²) in [6.07, 6.45) is 6.66. The molecule has 1 aliphatic rings. The van der Waals surface area contributed by atoms with Crippen LogP contribution in [0.1, 0.15) is 31.5 Å². The fourth-order valence-corrected chi connectivity index (χ4v) is 2.16. The van der Waals surface area contributed by atoms with Crippen LogP contribution in [-0.2, 0) is 18.4 Å². The summed E-state index contributed by atoms with van der Waals surface area (Å²) in [6.45, 7) is 0.575. The van der Waals surface area contributed by atoms with Crippen molar-refractivity contribution in [2.75, 3.05) is 7.05 Å². The molecule has 0 aromatic carbocycles. The topological polar surface area (TPSA) is 52.0 Å². The molecule has 1 aromatic heterocycles. The van der Waals surface area contributed by atoms with Gasteiger partial charge in [0.25, 0.3) is 0 Å². The number of rotatable bonds is 4. The van der Waals surface area contributed by atoms with Crippen LogP contribution in [0.5, 0.6) is 0 Å². The largest absolute Gasteiger partial charge is 0.370 e. The van der Waals surface area contributed by atoms with Crippen molar-refractivity contribution in [3.05, 3.63) is 12.2 Å². The Hall–Kier alpha value is -0.940. The van der Waals surface area contributed by atoms with Crippen LogP contribution in [0, 0.1) is 0 Å². The summed E-state index contributed by atoms with van der Waals surface area (Å²) in [5, 5.41) is 7.34. The van der Waals surface area contributed by atoms with Crippen molar-refractivity contribution in [1.82, 2.24) is 20.1 Å². The van der Waals surface area contributed by atoms with Crippen LogP contribution in [-0.4, -0.2) is 34.0 Å². The molecule has 5 nitrogen and oxygen atoms in total. The van der Waals surface area contributed by atoms with E-state index in [4.69, 9.17) is 4.74 Å². The molecule has 0 bridgehead atoms. The number of ether oxygens (including phenoxy) is 1. The Morgan fingerprint density at radius 3 is 2.75 bits per heavy atom. The Morgan fingerprint density at radius 2 is 2.19 bits per heavy atom. The highest BCUT2D eigenvalue weighted by molar-refractivity contribution is 4.81. The second-order valence-corrected chi connectivity index (χ2v) is 4.37. The van der Waals surface area contributed by atoms with Gasteiger partial charge in [-0.2, -0.15) is 5.10 Å². The van der Waals surface area contributed by atoms with E-state index in [1.165, 1.54) is 12.8 Å². The number of nitrogens with one attached hydrogen (secondary N) is 1. The van der Waals surface area contributed by atoms with Gasteiger partial charge < -0.3 is 10.1 Å². The molecule has 1 saturated carbocycles. The van der Waals surface area contributed by atoms with Gasteiger partial charge in [0.2, 0.25) is 0 Å². The van der Waals surface area contributed by atoms with E-state index < -0.39 is 0 Å². The second kappa shape index (κ2) is 5.41. The maximum atomic E-state index is 5.85. The molecule has 2 rings (SSSR count). The zero-order chi connectivity index (χ0) is 11.4. The molecule has 0 aliphatic heterocycles. The minimum absolute atomic E-state index is 0.390. The third-order valence-corrected chi connectivity index (χ3v) is 3.34. The van der Waals surface area contributed by atoms with Crippen LogP contribution in [0.4, 0.5) is 0 Å². The summed E-state index contributed by atoms with van der Waals surface area (Å²) in [7, 11) is 3.93. The van der Waals surface area contributed by atoms with Crippen molar-refractivity contribution < 1.29 is 4.74 Å². The van der Waals surface area contributed by atoms with Crippen molar-refractivity contribution in [2.45, 2.75) is 44.4 Å². The van der Waals surface area contributed by atoms with Crippen LogP contribution in [0.2, 0.25) is 0 Å². The summed E-state index contributed by atoms with van der Waals surface area (Å²) < 4.78 is 7.61. The lowest BCUT2D eigenvalue weighted by Gasteiger charge is -2.28. The van der Waals surface area contributed by atoms with Crippen molar-refractivity contribution in [3.63, 3.8) is 0 Å². The molecule has 1 fully saturated rings. The first-order chi connectivity index (χ1) is 7.79. The Balaban J connectivity index is 1.73. The average Bonchev–Trinajstić information content (AvgIpc) is 2.73. The maximum Gasteiger partial charge on any atom is 0.152 e. The molecule has 5 heteroatoms. The van der Waals surface area contributed by atoms with Gasteiger partial charge in [0.05, 0.1) is 6.10 Å². The monoisotopic (exact) mass is 224 g/mol. The molecule has 0 spiro atoms. The number of aromatic nitrogens is 3. The molecule has 1 heterocycles. The third kappa shape index (κ3) is 2.80. The quantitative estimate of drug-likeness (QED) is 0.824. The van der Waals surface area contributed by atoms with Gasteiger partial charge in [-0.1, -0.05) is 0 Å². The van der Waals surface area contributed by atoms with Gasteiger partial charge >= 0.3 is 0 Å². The summed E-state index contributed by atoms with van der Waals surface area (Å²) >= 11 is 0. The predicted molar refractivity (Wildman–Crippen MR) is 60.9 cm³/mol. The van der Waals surface area contributed by atoms with E-state index in [0.29, 0.717) is 18.8 Å². The molecule has 0 amide bonds. The first-order valence-corrected chi connectivity index (χ1v) is 5.91. The summed E-state index contributed by atoms with van der Waals surface area (Å²) in [5.74, 6) is 0.899. The second-order valence-electron chi connectivity index (χ2n) is 4.37. The zero-order valence-electron chi connectivity index (χ0n) is 10.0. The SMILES string of the molecule is CNC1CCC(OCc2ncnn2C)CC1. The smallest absolute Gasteiger partial charge is 0.152 e. The molecule has 0 unspecified atom stereocenters. The van der Waals surface area contributed by atoms with E-state index >= 15 is 0 Å². The lowest BCUT2D eigenvalue weighted by atomic mass is 9.93. The van der Waals surface area contributed by atoms with Gasteiger partial charge in [-0.3, -0.25) is 4.68 Å². The number of nitrogens with zero attached hydrogens (tertiary/aromatic N) is 3. The molecular formula is C11H20N4O. The molecular weight excluding hydrogens is 204 g/mol. The molecule has 0 atom stereocenters. The fraction of sp³-hybridized carbons (Fsp3) is 0.818. The van der Waals surface area contributed by atoms with Crippen molar-refractivity contribution >= 4 is 0 Å². The van der Waals surface area contributed by atoms with Gasteiger partial charge in [-0.15, -0.1) is 0 Å². The van der Waals surface area contributed by atoms with Crippen molar-refractivity contribution in [1.29, 1.82) is 0 Å². The van der Waals surface area contributed by atoms with E-state index in [1.54, 1.807) is 11.0 Å². The minimum Gasteiger partial charge on any atom is -0.370 e. The van der Waals surface area contributed by atoms with Gasteiger partial charge in [-0.25, -0.2) is 4.98 Å². The lowest BCUT2D eigenvalue weighted by Crippen LogP contribution is -2.33. The van der Waals surface area contributed by atoms with Crippen LogP contribution in [0.3, 0.4) is 0 Å². The van der Waals surface area contributed by atoms with Gasteiger partial charge in [-0.05, 0) is 32.7 Å². The first kappa shape index (κ1) is 11.5. The molecule has 0 radical (unpaired) electrons. The molecule has 0 saturated heterocycles. The minimum atomic E-state index is 0.390. The molecule has 90 valence electrons. The van der Waals surface area contributed by atoms with E-state index in [9.17, 15) is 0 Å². The fourth-order valence-electron chi connectivity index (χ4n) is 2.16. The van der Waals surface area contributed by atoms with Crippen LogP contribution >= 0.6 is 0 Å².